The zero-order chi connectivity index (χ0) is 22.3. The second-order valence-corrected chi connectivity index (χ2v) is 9.63. The summed E-state index contributed by atoms with van der Waals surface area (Å²) in [4.78, 5) is -1.26. The summed E-state index contributed by atoms with van der Waals surface area (Å²) in [5.41, 5.74) is 0.797. The van der Waals surface area contributed by atoms with Gasteiger partial charge in [0, 0.05) is 5.39 Å². The molecule has 0 aliphatic carbocycles. The molecular formula is C19H18N2O7S2. The Kier molecular flexibility index (Phi) is 5.65. The van der Waals surface area contributed by atoms with E-state index < -0.39 is 41.5 Å². The SMILES string of the molecule is CC(C)c1ccccc1N=Nc1c(S(=O)(=O)O)cc2cc(S(=O)(=O)O)ccc2c1O. The van der Waals surface area contributed by atoms with E-state index in [1.165, 1.54) is 6.07 Å². The third kappa shape index (κ3) is 4.33. The van der Waals surface area contributed by atoms with Crippen LogP contribution in [0.25, 0.3) is 10.8 Å². The fraction of sp³-hybridized carbons (Fsp3) is 0.158. The van der Waals surface area contributed by atoms with Gasteiger partial charge in [-0.3, -0.25) is 9.11 Å². The Hall–Kier alpha value is -2.86. The normalized spacial score (nSPS) is 12.8. The Balaban J connectivity index is 2.28. The van der Waals surface area contributed by atoms with Crippen LogP contribution in [0, 0.1) is 0 Å². The average Bonchev–Trinajstić information content (AvgIpc) is 2.65. The highest BCUT2D eigenvalue weighted by Gasteiger charge is 2.23. The minimum atomic E-state index is -4.85. The van der Waals surface area contributed by atoms with Gasteiger partial charge in [0.2, 0.25) is 0 Å². The highest BCUT2D eigenvalue weighted by molar-refractivity contribution is 7.86. The summed E-state index contributed by atoms with van der Waals surface area (Å²) in [7, 11) is -9.41. The maximum Gasteiger partial charge on any atom is 0.296 e. The Morgan fingerprint density at radius 2 is 1.53 bits per heavy atom. The van der Waals surface area contributed by atoms with E-state index in [1.54, 1.807) is 12.1 Å². The van der Waals surface area contributed by atoms with Crippen molar-refractivity contribution in [2.24, 2.45) is 10.2 Å². The largest absolute Gasteiger partial charge is 0.505 e. The van der Waals surface area contributed by atoms with Crippen LogP contribution >= 0.6 is 0 Å². The predicted molar refractivity (Wildman–Crippen MR) is 110 cm³/mol. The van der Waals surface area contributed by atoms with Gasteiger partial charge in [0.05, 0.1) is 10.6 Å². The molecule has 3 rings (SSSR count). The lowest BCUT2D eigenvalue weighted by Gasteiger charge is -2.11. The zero-order valence-corrected chi connectivity index (χ0v) is 17.5. The number of phenolic OH excluding ortho intramolecular Hbond substituents is 1. The molecule has 0 aliphatic heterocycles. The summed E-state index contributed by atoms with van der Waals surface area (Å²) >= 11 is 0. The maximum absolute atomic E-state index is 11.9. The molecule has 158 valence electrons. The number of aromatic hydroxyl groups is 1. The Bertz CT molecular complexity index is 1380. The van der Waals surface area contributed by atoms with E-state index in [0.717, 1.165) is 23.8 Å². The van der Waals surface area contributed by atoms with Gasteiger partial charge in [0.1, 0.15) is 10.6 Å². The summed E-state index contributed by atoms with van der Waals surface area (Å²) in [5, 5.41) is 18.5. The van der Waals surface area contributed by atoms with E-state index >= 15 is 0 Å². The summed E-state index contributed by atoms with van der Waals surface area (Å²) in [6.07, 6.45) is 0. The van der Waals surface area contributed by atoms with E-state index in [2.05, 4.69) is 10.2 Å². The monoisotopic (exact) mass is 450 g/mol. The molecule has 0 saturated heterocycles. The van der Waals surface area contributed by atoms with Gasteiger partial charge in [-0.2, -0.15) is 21.9 Å². The van der Waals surface area contributed by atoms with Crippen molar-refractivity contribution < 1.29 is 31.0 Å². The molecule has 0 heterocycles. The molecule has 0 fully saturated rings. The van der Waals surface area contributed by atoms with Gasteiger partial charge in [0.25, 0.3) is 20.2 Å². The van der Waals surface area contributed by atoms with E-state index in [4.69, 9.17) is 0 Å². The van der Waals surface area contributed by atoms with Crippen molar-refractivity contribution in [1.29, 1.82) is 0 Å². The molecule has 0 atom stereocenters. The lowest BCUT2D eigenvalue weighted by Crippen LogP contribution is -2.00. The van der Waals surface area contributed by atoms with E-state index in [1.807, 2.05) is 26.0 Å². The molecule has 3 aromatic carbocycles. The summed E-state index contributed by atoms with van der Waals surface area (Å²) < 4.78 is 65.3. The van der Waals surface area contributed by atoms with Crippen LogP contribution in [0.3, 0.4) is 0 Å². The van der Waals surface area contributed by atoms with Crippen LogP contribution in [0.15, 0.2) is 68.6 Å². The molecule has 0 unspecified atom stereocenters. The van der Waals surface area contributed by atoms with Crippen LogP contribution in [0.1, 0.15) is 25.3 Å². The molecule has 0 spiro atoms. The molecule has 0 amide bonds. The average molecular weight is 450 g/mol. The first kappa shape index (κ1) is 21.8. The molecule has 0 bridgehead atoms. The third-order valence-corrected chi connectivity index (χ3v) is 6.13. The standard InChI is InChI=1S/C19H18N2O7S2/c1-11(2)14-5-3-4-6-16(14)20-21-18-17(30(26,27)28)10-12-9-13(29(23,24)25)7-8-15(12)19(18)22/h3-11,22H,1-2H3,(H,23,24,25)(H,26,27,28). The molecule has 0 aromatic heterocycles. The minimum absolute atomic E-state index is 0.0446. The predicted octanol–water partition coefficient (Wildman–Crippen LogP) is 4.58. The molecule has 0 aliphatic rings. The number of rotatable bonds is 5. The van der Waals surface area contributed by atoms with Crippen molar-refractivity contribution >= 4 is 42.4 Å². The second-order valence-electron chi connectivity index (χ2n) is 6.82. The molecule has 3 N–H and O–H groups in total. The van der Waals surface area contributed by atoms with Gasteiger partial charge >= 0.3 is 0 Å². The molecule has 30 heavy (non-hydrogen) atoms. The van der Waals surface area contributed by atoms with Gasteiger partial charge < -0.3 is 5.11 Å². The fourth-order valence-corrected chi connectivity index (χ4v) is 4.13. The van der Waals surface area contributed by atoms with Gasteiger partial charge in [0.15, 0.2) is 5.75 Å². The number of hydrogen-bond acceptors (Lipinski definition) is 7. The molecule has 3 aromatic rings. The van der Waals surface area contributed by atoms with Crippen LogP contribution in [0.2, 0.25) is 0 Å². The lowest BCUT2D eigenvalue weighted by atomic mass is 10.0. The quantitative estimate of drug-likeness (QED) is 0.380. The van der Waals surface area contributed by atoms with Crippen molar-refractivity contribution in [3.8, 4) is 5.75 Å². The lowest BCUT2D eigenvalue weighted by molar-refractivity contribution is 0.472. The van der Waals surface area contributed by atoms with Crippen LogP contribution in [-0.4, -0.2) is 31.0 Å². The summed E-state index contributed by atoms with van der Waals surface area (Å²) in [6, 6.07) is 11.2. The molecular weight excluding hydrogens is 432 g/mol. The Morgan fingerprint density at radius 1 is 0.867 bits per heavy atom. The van der Waals surface area contributed by atoms with Gasteiger partial charge in [-0.15, -0.1) is 5.11 Å². The van der Waals surface area contributed by atoms with E-state index in [0.29, 0.717) is 5.69 Å². The van der Waals surface area contributed by atoms with Crippen molar-refractivity contribution in [3.63, 3.8) is 0 Å². The van der Waals surface area contributed by atoms with Crippen LogP contribution in [0.4, 0.5) is 11.4 Å². The van der Waals surface area contributed by atoms with Crippen LogP contribution in [-0.2, 0) is 20.2 Å². The second kappa shape index (κ2) is 7.76. The third-order valence-electron chi connectivity index (χ3n) is 4.41. The van der Waals surface area contributed by atoms with Crippen molar-refractivity contribution in [2.45, 2.75) is 29.6 Å². The topological polar surface area (TPSA) is 154 Å². The van der Waals surface area contributed by atoms with E-state index in [-0.39, 0.29) is 16.7 Å². The van der Waals surface area contributed by atoms with Crippen molar-refractivity contribution in [3.05, 3.63) is 54.1 Å². The Labute approximate surface area is 173 Å². The van der Waals surface area contributed by atoms with Crippen LogP contribution < -0.4 is 0 Å². The molecule has 11 heteroatoms. The number of phenols is 1. The number of hydrogen-bond donors (Lipinski definition) is 3. The highest BCUT2D eigenvalue weighted by atomic mass is 32.2. The minimum Gasteiger partial charge on any atom is -0.505 e. The zero-order valence-electron chi connectivity index (χ0n) is 15.9. The molecule has 9 nitrogen and oxygen atoms in total. The summed E-state index contributed by atoms with van der Waals surface area (Å²) in [6.45, 7) is 3.89. The first-order valence-electron chi connectivity index (χ1n) is 8.65. The maximum atomic E-state index is 11.9. The number of azo groups is 1. The molecule has 0 saturated carbocycles. The van der Waals surface area contributed by atoms with Gasteiger partial charge in [-0.1, -0.05) is 32.0 Å². The van der Waals surface area contributed by atoms with Crippen LogP contribution in [0.5, 0.6) is 5.75 Å². The molecule has 0 radical (unpaired) electrons. The van der Waals surface area contributed by atoms with Gasteiger partial charge in [-0.05, 0) is 47.2 Å². The Morgan fingerprint density at radius 3 is 2.13 bits per heavy atom. The van der Waals surface area contributed by atoms with Crippen molar-refractivity contribution in [1.82, 2.24) is 0 Å². The smallest absolute Gasteiger partial charge is 0.296 e. The number of nitrogens with zero attached hydrogens (tertiary/aromatic N) is 2. The summed E-state index contributed by atoms with van der Waals surface area (Å²) in [5.74, 6) is -0.516. The number of benzene rings is 3. The highest BCUT2D eigenvalue weighted by Crippen LogP contribution is 2.42. The first-order valence-corrected chi connectivity index (χ1v) is 11.5. The van der Waals surface area contributed by atoms with Crippen molar-refractivity contribution in [2.75, 3.05) is 0 Å². The van der Waals surface area contributed by atoms with Gasteiger partial charge in [-0.25, -0.2) is 0 Å². The van der Waals surface area contributed by atoms with E-state index in [9.17, 15) is 31.0 Å². The fourth-order valence-electron chi connectivity index (χ4n) is 2.95. The number of fused-ring (bicyclic) bond motifs is 1. The first-order chi connectivity index (χ1) is 13.9.